The van der Waals surface area contributed by atoms with Crippen LogP contribution in [0.1, 0.15) is 49.0 Å². The highest BCUT2D eigenvalue weighted by atomic mass is 35.5. The Labute approximate surface area is 223 Å². The largest absolute Gasteiger partial charge is 0.308 e. The molecular formula is C28H41Cl2N5. The summed E-state index contributed by atoms with van der Waals surface area (Å²) in [5, 5.41) is 0. The van der Waals surface area contributed by atoms with Crippen molar-refractivity contribution in [3.63, 3.8) is 0 Å². The highest BCUT2D eigenvalue weighted by molar-refractivity contribution is 5.85. The van der Waals surface area contributed by atoms with Crippen LogP contribution in [0.4, 0.5) is 0 Å². The van der Waals surface area contributed by atoms with Gasteiger partial charge in [-0.25, -0.2) is 9.97 Å². The molecule has 5 nitrogen and oxygen atoms in total. The van der Waals surface area contributed by atoms with Crippen molar-refractivity contribution in [2.45, 2.75) is 53.6 Å². The molecule has 1 aliphatic heterocycles. The molecule has 0 bridgehead atoms. The smallest absolute Gasteiger partial charge is 0.160 e. The van der Waals surface area contributed by atoms with Crippen LogP contribution in [0.2, 0.25) is 0 Å². The molecular weight excluding hydrogens is 477 g/mol. The van der Waals surface area contributed by atoms with E-state index < -0.39 is 0 Å². The Morgan fingerprint density at radius 3 is 2.43 bits per heavy atom. The van der Waals surface area contributed by atoms with E-state index in [9.17, 15) is 0 Å². The summed E-state index contributed by atoms with van der Waals surface area (Å²) in [6.45, 7) is 16.3. The molecule has 192 valence electrons. The molecule has 4 rings (SSSR count). The van der Waals surface area contributed by atoms with Crippen molar-refractivity contribution in [2.24, 2.45) is 5.92 Å². The van der Waals surface area contributed by atoms with Crippen LogP contribution in [0.15, 0.2) is 36.4 Å². The van der Waals surface area contributed by atoms with Crippen LogP contribution in [0.5, 0.6) is 0 Å². The van der Waals surface area contributed by atoms with Crippen molar-refractivity contribution in [3.05, 3.63) is 64.6 Å². The molecule has 0 aliphatic carbocycles. The summed E-state index contributed by atoms with van der Waals surface area (Å²) in [4.78, 5) is 14.8. The number of nitrogens with zero attached hydrogens (tertiary/aromatic N) is 5. The van der Waals surface area contributed by atoms with E-state index in [1.165, 1.54) is 16.7 Å². The third-order valence-electron chi connectivity index (χ3n) is 6.89. The van der Waals surface area contributed by atoms with Crippen molar-refractivity contribution in [1.29, 1.82) is 0 Å². The zero-order chi connectivity index (χ0) is 23.5. The van der Waals surface area contributed by atoms with Crippen LogP contribution < -0.4 is 0 Å². The second-order valence-corrected chi connectivity index (χ2v) is 9.93. The maximum absolute atomic E-state index is 4.88. The number of hydrogen-bond acceptors (Lipinski definition) is 4. The number of fused-ring (bicyclic) bond motifs is 1. The maximum atomic E-state index is 4.88. The van der Waals surface area contributed by atoms with Gasteiger partial charge in [-0.15, -0.1) is 24.8 Å². The summed E-state index contributed by atoms with van der Waals surface area (Å²) in [5.41, 5.74) is 6.81. The Bertz CT molecular complexity index is 1120. The first-order valence-corrected chi connectivity index (χ1v) is 12.4. The zero-order valence-corrected chi connectivity index (χ0v) is 23.6. The van der Waals surface area contributed by atoms with Crippen LogP contribution in [-0.2, 0) is 13.0 Å². The van der Waals surface area contributed by atoms with Gasteiger partial charge >= 0.3 is 0 Å². The zero-order valence-electron chi connectivity index (χ0n) is 22.0. The summed E-state index contributed by atoms with van der Waals surface area (Å²) in [6.07, 6.45) is 5.49. The number of hydrogen-bond donors (Lipinski definition) is 0. The lowest BCUT2D eigenvalue weighted by molar-refractivity contribution is 0.0733. The van der Waals surface area contributed by atoms with Crippen molar-refractivity contribution in [1.82, 2.24) is 24.3 Å². The highest BCUT2D eigenvalue weighted by Crippen LogP contribution is 2.21. The van der Waals surface area contributed by atoms with E-state index in [0.29, 0.717) is 12.0 Å². The number of benzene rings is 1. The molecule has 7 heteroatoms. The molecule has 35 heavy (non-hydrogen) atoms. The first kappa shape index (κ1) is 29.3. The van der Waals surface area contributed by atoms with E-state index >= 15 is 0 Å². The van der Waals surface area contributed by atoms with Gasteiger partial charge in [0, 0.05) is 44.3 Å². The minimum absolute atomic E-state index is 0. The number of halogens is 2. The van der Waals surface area contributed by atoms with E-state index in [1.807, 2.05) is 0 Å². The molecule has 0 spiro atoms. The van der Waals surface area contributed by atoms with Gasteiger partial charge in [0.05, 0.1) is 6.54 Å². The second kappa shape index (κ2) is 12.9. The van der Waals surface area contributed by atoms with Crippen LogP contribution >= 0.6 is 24.8 Å². The van der Waals surface area contributed by atoms with Gasteiger partial charge in [0.1, 0.15) is 11.3 Å². The SMILES string of the molecule is CCc1nc2c(C)cc(C)nc2n1Cc1ccc(C=CCN2CCN(C)CC2C(C)C)cc1.Cl.Cl. The first-order valence-electron chi connectivity index (χ1n) is 12.4. The van der Waals surface area contributed by atoms with Gasteiger partial charge in [0.25, 0.3) is 0 Å². The van der Waals surface area contributed by atoms with Gasteiger partial charge in [0.15, 0.2) is 5.65 Å². The normalized spacial score (nSPS) is 17.2. The molecule has 1 fully saturated rings. The van der Waals surface area contributed by atoms with Crippen molar-refractivity contribution < 1.29 is 0 Å². The van der Waals surface area contributed by atoms with Gasteiger partial charge in [-0.3, -0.25) is 4.90 Å². The molecule has 0 N–H and O–H groups in total. The molecule has 1 saturated heterocycles. The predicted octanol–water partition coefficient (Wildman–Crippen LogP) is 5.79. The fourth-order valence-electron chi connectivity index (χ4n) is 4.98. The highest BCUT2D eigenvalue weighted by Gasteiger charge is 2.26. The first-order chi connectivity index (χ1) is 15.9. The van der Waals surface area contributed by atoms with Crippen LogP contribution in [0.3, 0.4) is 0 Å². The van der Waals surface area contributed by atoms with Crippen molar-refractivity contribution >= 4 is 42.1 Å². The summed E-state index contributed by atoms with van der Waals surface area (Å²) >= 11 is 0. The van der Waals surface area contributed by atoms with Gasteiger partial charge in [-0.05, 0) is 49.6 Å². The van der Waals surface area contributed by atoms with Crippen LogP contribution in [0.25, 0.3) is 17.2 Å². The Morgan fingerprint density at radius 1 is 1.06 bits per heavy atom. The monoisotopic (exact) mass is 517 g/mol. The summed E-state index contributed by atoms with van der Waals surface area (Å²) in [7, 11) is 2.23. The predicted molar refractivity (Wildman–Crippen MR) is 153 cm³/mol. The molecule has 1 atom stereocenters. The quantitative estimate of drug-likeness (QED) is 0.397. The third-order valence-corrected chi connectivity index (χ3v) is 6.89. The molecule has 3 aromatic rings. The molecule has 1 unspecified atom stereocenters. The third kappa shape index (κ3) is 6.85. The molecule has 3 heterocycles. The van der Waals surface area contributed by atoms with E-state index in [1.54, 1.807) is 0 Å². The number of aryl methyl sites for hydroxylation is 3. The number of rotatable bonds is 7. The lowest BCUT2D eigenvalue weighted by Crippen LogP contribution is -2.53. The Morgan fingerprint density at radius 2 is 1.77 bits per heavy atom. The Hall–Kier alpha value is -1.92. The van der Waals surface area contributed by atoms with E-state index in [-0.39, 0.29) is 24.8 Å². The number of imidazole rings is 1. The van der Waals surface area contributed by atoms with Gasteiger partial charge in [0.2, 0.25) is 0 Å². The lowest BCUT2D eigenvalue weighted by Gasteiger charge is -2.41. The minimum atomic E-state index is 0. The van der Waals surface area contributed by atoms with E-state index in [2.05, 4.69) is 98.5 Å². The topological polar surface area (TPSA) is 37.2 Å². The molecule has 1 aromatic carbocycles. The fourth-order valence-corrected chi connectivity index (χ4v) is 4.98. The molecule has 0 radical (unpaired) electrons. The van der Waals surface area contributed by atoms with Crippen molar-refractivity contribution in [3.8, 4) is 0 Å². The summed E-state index contributed by atoms with van der Waals surface area (Å²) < 4.78 is 2.28. The molecule has 0 saturated carbocycles. The number of piperazine rings is 1. The number of likely N-dealkylation sites (N-methyl/N-ethyl adjacent to an activating group) is 1. The van der Waals surface area contributed by atoms with Gasteiger partial charge in [-0.2, -0.15) is 0 Å². The van der Waals surface area contributed by atoms with E-state index in [0.717, 1.165) is 61.8 Å². The van der Waals surface area contributed by atoms with Crippen LogP contribution in [-0.4, -0.2) is 63.6 Å². The number of pyridine rings is 1. The van der Waals surface area contributed by atoms with Gasteiger partial charge in [-0.1, -0.05) is 57.2 Å². The van der Waals surface area contributed by atoms with Crippen LogP contribution in [0, 0.1) is 19.8 Å². The lowest BCUT2D eigenvalue weighted by atomic mass is 10.00. The van der Waals surface area contributed by atoms with E-state index in [4.69, 9.17) is 9.97 Å². The fraction of sp³-hybridized carbons (Fsp3) is 0.500. The Kier molecular flexibility index (Phi) is 10.8. The summed E-state index contributed by atoms with van der Waals surface area (Å²) in [6, 6.07) is 11.7. The Balaban J connectivity index is 0.00000216. The molecule has 0 amide bonds. The number of aromatic nitrogens is 3. The second-order valence-electron chi connectivity index (χ2n) is 9.93. The standard InChI is InChI=1S/C28H39N5.2ClH/c1-7-26-30-27-21(4)17-22(5)29-28(27)33(26)18-24-12-10-23(11-13-24)9-8-14-32-16-15-31(6)19-25(32)20(2)3;;/h8-13,17,20,25H,7,14-16,18-19H2,1-6H3;2*1H. The minimum Gasteiger partial charge on any atom is -0.308 e. The summed E-state index contributed by atoms with van der Waals surface area (Å²) in [5.74, 6) is 1.77. The maximum Gasteiger partial charge on any atom is 0.160 e. The van der Waals surface area contributed by atoms with Gasteiger partial charge < -0.3 is 9.47 Å². The molecule has 1 aliphatic rings. The average molecular weight is 519 g/mol. The molecule has 2 aromatic heterocycles. The average Bonchev–Trinajstić information content (AvgIpc) is 3.13. The van der Waals surface area contributed by atoms with Crippen molar-refractivity contribution in [2.75, 3.05) is 33.2 Å².